The van der Waals surface area contributed by atoms with E-state index in [1.807, 2.05) is 12.1 Å². The molecule has 55 heavy (non-hydrogen) atoms. The van der Waals surface area contributed by atoms with Crippen LogP contribution in [0.1, 0.15) is 0 Å². The van der Waals surface area contributed by atoms with Gasteiger partial charge < -0.3 is 13.9 Å². The number of aromatic nitrogens is 1. The number of furan rings is 1. The molecule has 2 aromatic heterocycles. The van der Waals surface area contributed by atoms with E-state index in [4.69, 9.17) is 4.42 Å². The van der Waals surface area contributed by atoms with Gasteiger partial charge in [-0.15, -0.1) is 0 Å². The SMILES string of the molecule is c1ccc(-c2ccccc2N(c2ccc(-c3ccc4c(ccc5oc6ccccc6c54)c3)cc2)c2cccc3c4ccccc4n(-c4ccccc4)c23)cc1. The third-order valence-corrected chi connectivity index (χ3v) is 11.0. The average molecular weight is 703 g/mol. The van der Waals surface area contributed by atoms with Crippen LogP contribution in [0, 0.1) is 0 Å². The van der Waals surface area contributed by atoms with Crippen molar-refractivity contribution in [1.29, 1.82) is 0 Å². The van der Waals surface area contributed by atoms with Crippen LogP contribution < -0.4 is 4.90 Å². The van der Waals surface area contributed by atoms with Crippen molar-refractivity contribution in [2.75, 3.05) is 4.90 Å². The van der Waals surface area contributed by atoms with E-state index in [1.165, 1.54) is 49.1 Å². The fraction of sp³-hybridized carbons (Fsp3) is 0. The molecule has 3 nitrogen and oxygen atoms in total. The average Bonchev–Trinajstić information content (AvgIpc) is 3.81. The van der Waals surface area contributed by atoms with Gasteiger partial charge in [-0.1, -0.05) is 146 Å². The summed E-state index contributed by atoms with van der Waals surface area (Å²) in [6.07, 6.45) is 0. The zero-order valence-corrected chi connectivity index (χ0v) is 29.9. The van der Waals surface area contributed by atoms with Gasteiger partial charge in [0, 0.05) is 38.5 Å². The van der Waals surface area contributed by atoms with Crippen LogP contribution in [-0.2, 0) is 0 Å². The van der Waals surface area contributed by atoms with Gasteiger partial charge in [-0.05, 0) is 88.1 Å². The largest absolute Gasteiger partial charge is 0.456 e. The molecule has 0 spiro atoms. The number of benzene rings is 9. The molecule has 0 saturated carbocycles. The van der Waals surface area contributed by atoms with Crippen LogP contribution in [0.2, 0.25) is 0 Å². The molecule has 3 heteroatoms. The zero-order chi connectivity index (χ0) is 36.3. The second-order valence-corrected chi connectivity index (χ2v) is 14.1. The first-order valence-electron chi connectivity index (χ1n) is 18.8. The molecule has 11 aromatic rings. The summed E-state index contributed by atoms with van der Waals surface area (Å²) in [5.41, 5.74) is 13.3. The van der Waals surface area contributed by atoms with Crippen molar-refractivity contribution in [3.05, 3.63) is 206 Å². The summed E-state index contributed by atoms with van der Waals surface area (Å²) in [6, 6.07) is 74.0. The summed E-state index contributed by atoms with van der Waals surface area (Å²) < 4.78 is 8.61. The topological polar surface area (TPSA) is 21.3 Å². The maximum atomic E-state index is 6.19. The summed E-state index contributed by atoms with van der Waals surface area (Å²) in [5, 5.41) is 7.16. The van der Waals surface area contributed by atoms with Crippen LogP contribution in [0.25, 0.3) is 82.5 Å². The van der Waals surface area contributed by atoms with Crippen molar-refractivity contribution in [3.63, 3.8) is 0 Å². The summed E-state index contributed by atoms with van der Waals surface area (Å²) in [6.45, 7) is 0. The van der Waals surface area contributed by atoms with E-state index >= 15 is 0 Å². The summed E-state index contributed by atoms with van der Waals surface area (Å²) in [7, 11) is 0. The van der Waals surface area contributed by atoms with Crippen molar-refractivity contribution in [1.82, 2.24) is 4.57 Å². The second kappa shape index (κ2) is 12.6. The first-order valence-corrected chi connectivity index (χ1v) is 18.8. The molecule has 0 unspecified atom stereocenters. The Morgan fingerprint density at radius 1 is 0.400 bits per heavy atom. The number of hydrogen-bond acceptors (Lipinski definition) is 2. The molecule has 0 N–H and O–H groups in total. The van der Waals surface area contributed by atoms with E-state index in [9.17, 15) is 0 Å². The van der Waals surface area contributed by atoms with Crippen molar-refractivity contribution >= 4 is 71.6 Å². The summed E-state index contributed by atoms with van der Waals surface area (Å²) >= 11 is 0. The Bertz CT molecular complexity index is 3190. The molecule has 0 fully saturated rings. The molecule has 2 heterocycles. The summed E-state index contributed by atoms with van der Waals surface area (Å²) in [5.74, 6) is 0. The Morgan fingerprint density at radius 3 is 1.93 bits per heavy atom. The standard InChI is InChI=1S/C52H34N2O/c1-3-14-36(15-4-1)41-18-7-10-22-46(41)53(48-24-13-21-44-43-19-8-11-23-47(43)54(52(44)48)39-16-5-2-6-17-39)40-30-26-35(27-31-40)37-28-32-42-38(34-37)29-33-50-51(42)45-20-9-12-25-49(45)55-50/h1-34H. The highest BCUT2D eigenvalue weighted by molar-refractivity contribution is 6.19. The lowest BCUT2D eigenvalue weighted by Crippen LogP contribution is -2.12. The number of rotatable bonds is 6. The van der Waals surface area contributed by atoms with Crippen LogP contribution in [-0.4, -0.2) is 4.57 Å². The van der Waals surface area contributed by atoms with E-state index < -0.39 is 0 Å². The molecule has 0 atom stereocenters. The maximum absolute atomic E-state index is 6.19. The molecule has 9 aromatic carbocycles. The molecule has 0 aliphatic carbocycles. The minimum absolute atomic E-state index is 0.919. The molecule has 0 aliphatic heterocycles. The summed E-state index contributed by atoms with van der Waals surface area (Å²) in [4.78, 5) is 2.44. The number of hydrogen-bond donors (Lipinski definition) is 0. The lowest BCUT2D eigenvalue weighted by atomic mass is 9.98. The lowest BCUT2D eigenvalue weighted by Gasteiger charge is -2.29. The maximum Gasteiger partial charge on any atom is 0.136 e. The van der Waals surface area contributed by atoms with E-state index in [1.54, 1.807) is 0 Å². The molecule has 0 saturated heterocycles. The first kappa shape index (κ1) is 31.2. The van der Waals surface area contributed by atoms with E-state index in [-0.39, 0.29) is 0 Å². The molecule has 0 aliphatic rings. The molecule has 11 rings (SSSR count). The molecular formula is C52H34N2O. The normalized spacial score (nSPS) is 11.6. The minimum atomic E-state index is 0.919. The predicted molar refractivity (Wildman–Crippen MR) is 231 cm³/mol. The lowest BCUT2D eigenvalue weighted by molar-refractivity contribution is 0.669. The number of fused-ring (bicyclic) bond motifs is 8. The molecular weight excluding hydrogens is 669 g/mol. The Hall–Kier alpha value is -7.36. The van der Waals surface area contributed by atoms with Gasteiger partial charge in [0.2, 0.25) is 0 Å². The first-order chi connectivity index (χ1) is 27.3. The highest BCUT2D eigenvalue weighted by Crippen LogP contribution is 2.46. The third-order valence-electron chi connectivity index (χ3n) is 11.0. The predicted octanol–water partition coefficient (Wildman–Crippen LogP) is 14.6. The van der Waals surface area contributed by atoms with Gasteiger partial charge in [-0.3, -0.25) is 0 Å². The fourth-order valence-electron chi connectivity index (χ4n) is 8.50. The Labute approximate surface area is 318 Å². The number of para-hydroxylation sites is 5. The molecule has 258 valence electrons. The third kappa shape index (κ3) is 5.05. The fourth-order valence-corrected chi connectivity index (χ4v) is 8.50. The number of nitrogens with zero attached hydrogens (tertiary/aromatic N) is 2. The van der Waals surface area contributed by atoms with Crippen molar-refractivity contribution in [2.24, 2.45) is 0 Å². The minimum Gasteiger partial charge on any atom is -0.456 e. The molecule has 0 radical (unpaired) electrons. The van der Waals surface area contributed by atoms with Gasteiger partial charge in [-0.2, -0.15) is 0 Å². The Kier molecular flexibility index (Phi) is 7.17. The number of anilines is 3. The van der Waals surface area contributed by atoms with Crippen LogP contribution >= 0.6 is 0 Å². The van der Waals surface area contributed by atoms with Crippen LogP contribution in [0.3, 0.4) is 0 Å². The quantitative estimate of drug-likeness (QED) is 0.172. The Morgan fingerprint density at radius 2 is 1.07 bits per heavy atom. The highest BCUT2D eigenvalue weighted by atomic mass is 16.3. The van der Waals surface area contributed by atoms with Gasteiger partial charge in [0.05, 0.1) is 22.4 Å². The van der Waals surface area contributed by atoms with Crippen LogP contribution in [0.4, 0.5) is 17.1 Å². The molecule has 0 bridgehead atoms. The van der Waals surface area contributed by atoms with Crippen molar-refractivity contribution in [2.45, 2.75) is 0 Å². The smallest absolute Gasteiger partial charge is 0.136 e. The van der Waals surface area contributed by atoms with Gasteiger partial charge in [-0.25, -0.2) is 0 Å². The highest BCUT2D eigenvalue weighted by Gasteiger charge is 2.23. The second-order valence-electron chi connectivity index (χ2n) is 14.1. The van der Waals surface area contributed by atoms with Crippen molar-refractivity contribution < 1.29 is 4.42 Å². The van der Waals surface area contributed by atoms with Gasteiger partial charge in [0.25, 0.3) is 0 Å². The van der Waals surface area contributed by atoms with Gasteiger partial charge in [0.1, 0.15) is 11.2 Å². The van der Waals surface area contributed by atoms with Gasteiger partial charge in [0.15, 0.2) is 0 Å². The monoisotopic (exact) mass is 702 g/mol. The van der Waals surface area contributed by atoms with Crippen LogP contribution in [0.5, 0.6) is 0 Å². The Balaban J connectivity index is 1.11. The van der Waals surface area contributed by atoms with E-state index in [2.05, 4.69) is 204 Å². The molecule has 0 amide bonds. The van der Waals surface area contributed by atoms with E-state index in [0.717, 1.165) is 50.4 Å². The van der Waals surface area contributed by atoms with E-state index in [0.29, 0.717) is 0 Å². The van der Waals surface area contributed by atoms with Gasteiger partial charge >= 0.3 is 0 Å². The van der Waals surface area contributed by atoms with Crippen LogP contribution in [0.15, 0.2) is 211 Å². The van der Waals surface area contributed by atoms with Crippen molar-refractivity contribution in [3.8, 4) is 27.9 Å². The zero-order valence-electron chi connectivity index (χ0n) is 29.9.